The van der Waals surface area contributed by atoms with E-state index in [1.807, 2.05) is 24.3 Å². The third kappa shape index (κ3) is 2.37. The summed E-state index contributed by atoms with van der Waals surface area (Å²) in [6.07, 6.45) is 1.63. The van der Waals surface area contributed by atoms with Crippen LogP contribution in [0.2, 0.25) is 0 Å². The fourth-order valence-electron chi connectivity index (χ4n) is 1.92. The fraction of sp³-hybridized carbons (Fsp3) is 0. The predicted octanol–water partition coefficient (Wildman–Crippen LogP) is 3.72. The van der Waals surface area contributed by atoms with Crippen LogP contribution in [0.25, 0.3) is 10.8 Å². The Labute approximate surface area is 118 Å². The van der Waals surface area contributed by atoms with Gasteiger partial charge in [-0.25, -0.2) is 4.98 Å². The number of nitrogens with one attached hydrogen (secondary N) is 1. The number of halogens is 1. The van der Waals surface area contributed by atoms with Crippen molar-refractivity contribution in [2.24, 2.45) is 0 Å². The number of aromatic nitrogens is 2. The van der Waals surface area contributed by atoms with Crippen molar-refractivity contribution >= 4 is 44.2 Å². The number of rotatable bonds is 2. The molecule has 19 heavy (non-hydrogen) atoms. The van der Waals surface area contributed by atoms with Gasteiger partial charge in [-0.05, 0) is 23.6 Å². The second-order valence-electron chi connectivity index (χ2n) is 4.07. The summed E-state index contributed by atoms with van der Waals surface area (Å²) in [7, 11) is 0. The lowest BCUT2D eigenvalue weighted by molar-refractivity contribution is 1.18. The summed E-state index contributed by atoms with van der Waals surface area (Å²) in [4.78, 5) is 8.29. The Morgan fingerprint density at radius 2 is 1.79 bits per heavy atom. The van der Waals surface area contributed by atoms with Gasteiger partial charge in [0.25, 0.3) is 0 Å². The van der Waals surface area contributed by atoms with Gasteiger partial charge in [0.15, 0.2) is 0 Å². The topological polar surface area (TPSA) is 63.8 Å². The first-order chi connectivity index (χ1) is 9.24. The van der Waals surface area contributed by atoms with Gasteiger partial charge in [0.2, 0.25) is 5.95 Å². The van der Waals surface area contributed by atoms with Crippen LogP contribution in [0.5, 0.6) is 0 Å². The van der Waals surface area contributed by atoms with Crippen LogP contribution in [0.15, 0.2) is 53.1 Å². The van der Waals surface area contributed by atoms with Gasteiger partial charge in [-0.15, -0.1) is 0 Å². The minimum atomic E-state index is 0.443. The maximum absolute atomic E-state index is 5.65. The van der Waals surface area contributed by atoms with Gasteiger partial charge in [-0.1, -0.05) is 40.2 Å². The number of nitrogens with two attached hydrogens (primary N) is 1. The van der Waals surface area contributed by atoms with Gasteiger partial charge in [0, 0.05) is 21.7 Å². The Hall–Kier alpha value is -2.14. The van der Waals surface area contributed by atoms with Crippen LogP contribution in [0.4, 0.5) is 17.5 Å². The molecule has 3 aromatic rings. The highest BCUT2D eigenvalue weighted by Crippen LogP contribution is 2.31. The minimum absolute atomic E-state index is 0.443. The van der Waals surface area contributed by atoms with Crippen molar-refractivity contribution < 1.29 is 0 Å². The molecular formula is C14H11BrN4. The number of benzene rings is 2. The fourth-order valence-corrected chi connectivity index (χ4v) is 2.40. The average Bonchev–Trinajstić information content (AvgIpc) is 2.42. The van der Waals surface area contributed by atoms with Crippen molar-refractivity contribution in [3.8, 4) is 0 Å². The van der Waals surface area contributed by atoms with E-state index in [1.54, 1.807) is 12.3 Å². The van der Waals surface area contributed by atoms with Crippen LogP contribution in [0, 0.1) is 0 Å². The summed E-state index contributed by atoms with van der Waals surface area (Å²) in [5, 5.41) is 5.43. The molecule has 0 saturated carbocycles. The maximum atomic E-state index is 5.65. The van der Waals surface area contributed by atoms with Crippen LogP contribution >= 0.6 is 15.9 Å². The van der Waals surface area contributed by atoms with E-state index in [4.69, 9.17) is 5.73 Å². The monoisotopic (exact) mass is 314 g/mol. The van der Waals surface area contributed by atoms with E-state index in [1.165, 1.54) is 0 Å². The quantitative estimate of drug-likeness (QED) is 0.756. The van der Waals surface area contributed by atoms with Crippen molar-refractivity contribution in [3.63, 3.8) is 0 Å². The number of nitrogens with zero attached hydrogens (tertiary/aromatic N) is 2. The van der Waals surface area contributed by atoms with Crippen LogP contribution in [-0.4, -0.2) is 9.97 Å². The molecule has 0 aliphatic carbocycles. The highest BCUT2D eigenvalue weighted by Gasteiger charge is 2.05. The highest BCUT2D eigenvalue weighted by molar-refractivity contribution is 9.10. The molecule has 0 unspecified atom stereocenters. The SMILES string of the molecule is Nc1ccnc(Nc2ccc(Br)c3ccccc23)n1. The van der Waals surface area contributed by atoms with Crippen LogP contribution in [-0.2, 0) is 0 Å². The molecule has 5 heteroatoms. The van der Waals surface area contributed by atoms with E-state index < -0.39 is 0 Å². The Bertz CT molecular complexity index is 742. The molecule has 3 N–H and O–H groups in total. The van der Waals surface area contributed by atoms with Gasteiger partial charge in [0.1, 0.15) is 5.82 Å². The predicted molar refractivity (Wildman–Crippen MR) is 81.4 cm³/mol. The lowest BCUT2D eigenvalue weighted by atomic mass is 10.1. The Morgan fingerprint density at radius 3 is 2.58 bits per heavy atom. The first-order valence-corrected chi connectivity index (χ1v) is 6.56. The molecule has 1 aromatic heterocycles. The van der Waals surface area contributed by atoms with Crippen molar-refractivity contribution in [3.05, 3.63) is 53.1 Å². The molecule has 1 heterocycles. The second kappa shape index (κ2) is 4.85. The van der Waals surface area contributed by atoms with E-state index in [0.717, 1.165) is 20.9 Å². The summed E-state index contributed by atoms with van der Waals surface area (Å²) < 4.78 is 1.06. The first-order valence-electron chi connectivity index (χ1n) is 5.77. The zero-order valence-corrected chi connectivity index (χ0v) is 11.6. The molecule has 0 aliphatic heterocycles. The van der Waals surface area contributed by atoms with Crippen molar-refractivity contribution in [1.82, 2.24) is 9.97 Å². The molecule has 0 radical (unpaired) electrons. The van der Waals surface area contributed by atoms with Gasteiger partial charge >= 0.3 is 0 Å². The average molecular weight is 315 g/mol. The smallest absolute Gasteiger partial charge is 0.229 e. The van der Waals surface area contributed by atoms with Gasteiger partial charge in [-0.3, -0.25) is 0 Å². The third-order valence-electron chi connectivity index (χ3n) is 2.79. The highest BCUT2D eigenvalue weighted by atomic mass is 79.9. The molecule has 0 aliphatic rings. The first kappa shape index (κ1) is 11.9. The number of nitrogen functional groups attached to an aromatic ring is 1. The van der Waals surface area contributed by atoms with E-state index in [-0.39, 0.29) is 0 Å². The summed E-state index contributed by atoms with van der Waals surface area (Å²) in [6.45, 7) is 0. The number of hydrogen-bond donors (Lipinski definition) is 2. The molecule has 0 atom stereocenters. The minimum Gasteiger partial charge on any atom is -0.384 e. The molecule has 4 nitrogen and oxygen atoms in total. The van der Waals surface area contributed by atoms with E-state index in [0.29, 0.717) is 11.8 Å². The normalized spacial score (nSPS) is 10.6. The van der Waals surface area contributed by atoms with Crippen molar-refractivity contribution in [2.75, 3.05) is 11.1 Å². The summed E-state index contributed by atoms with van der Waals surface area (Å²) in [5.74, 6) is 0.936. The molecule has 0 saturated heterocycles. The van der Waals surface area contributed by atoms with Crippen LogP contribution in [0.1, 0.15) is 0 Å². The zero-order chi connectivity index (χ0) is 13.2. The molecule has 3 rings (SSSR count). The van der Waals surface area contributed by atoms with Gasteiger partial charge in [-0.2, -0.15) is 4.98 Å². The number of fused-ring (bicyclic) bond motifs is 1. The molecule has 0 amide bonds. The summed E-state index contributed by atoms with van der Waals surface area (Å²) >= 11 is 3.55. The number of hydrogen-bond acceptors (Lipinski definition) is 4. The largest absolute Gasteiger partial charge is 0.384 e. The van der Waals surface area contributed by atoms with Crippen molar-refractivity contribution in [2.45, 2.75) is 0 Å². The number of anilines is 3. The third-order valence-corrected chi connectivity index (χ3v) is 3.49. The lowest BCUT2D eigenvalue weighted by Gasteiger charge is -2.09. The lowest BCUT2D eigenvalue weighted by Crippen LogP contribution is -2.00. The van der Waals surface area contributed by atoms with E-state index >= 15 is 0 Å². The summed E-state index contributed by atoms with van der Waals surface area (Å²) in [5.41, 5.74) is 6.60. The standard InChI is InChI=1S/C14H11BrN4/c15-11-5-6-12(10-4-2-1-3-9(10)11)18-14-17-8-7-13(16)19-14/h1-8H,(H3,16,17,18,19). The Morgan fingerprint density at radius 1 is 1.00 bits per heavy atom. The van der Waals surface area contributed by atoms with E-state index in [9.17, 15) is 0 Å². The van der Waals surface area contributed by atoms with Crippen LogP contribution in [0.3, 0.4) is 0 Å². The Balaban J connectivity index is 2.09. The molecule has 0 spiro atoms. The van der Waals surface area contributed by atoms with Gasteiger partial charge < -0.3 is 11.1 Å². The molecule has 0 bridgehead atoms. The second-order valence-corrected chi connectivity index (χ2v) is 4.92. The maximum Gasteiger partial charge on any atom is 0.229 e. The van der Waals surface area contributed by atoms with E-state index in [2.05, 4.69) is 43.3 Å². The Kier molecular flexibility index (Phi) is 3.05. The molecule has 0 fully saturated rings. The van der Waals surface area contributed by atoms with Crippen LogP contribution < -0.4 is 11.1 Å². The zero-order valence-electron chi connectivity index (χ0n) is 9.97. The summed E-state index contributed by atoms with van der Waals surface area (Å²) in [6, 6.07) is 13.8. The molecule has 94 valence electrons. The van der Waals surface area contributed by atoms with Crippen molar-refractivity contribution in [1.29, 1.82) is 0 Å². The molecule has 2 aromatic carbocycles. The van der Waals surface area contributed by atoms with Gasteiger partial charge in [0.05, 0.1) is 0 Å². The molecular weight excluding hydrogens is 304 g/mol.